The van der Waals surface area contributed by atoms with Crippen LogP contribution in [0.15, 0.2) is 54.1 Å². The summed E-state index contributed by atoms with van der Waals surface area (Å²) < 4.78 is 0. The first kappa shape index (κ1) is 10.1. The monoisotopic (exact) mass is 218 g/mol. The van der Waals surface area contributed by atoms with Crippen molar-refractivity contribution in [2.24, 2.45) is 0 Å². The number of allylic oxidation sites excluding steroid dienone is 1. The molecular weight excluding hydrogens is 204 g/mol. The van der Waals surface area contributed by atoms with Crippen LogP contribution >= 0.6 is 0 Å². The van der Waals surface area contributed by atoms with Crippen molar-refractivity contribution in [2.75, 3.05) is 0 Å². The van der Waals surface area contributed by atoms with Crippen LogP contribution in [-0.2, 0) is 0 Å². The van der Waals surface area contributed by atoms with E-state index in [1.54, 1.807) is 0 Å². The van der Waals surface area contributed by atoms with E-state index in [-0.39, 0.29) is 0 Å². The summed E-state index contributed by atoms with van der Waals surface area (Å²) in [6.07, 6.45) is 6.72. The standard InChI is InChI=1S/C17H14/c1-13-6-2-3-7-15(13)10-14-11-16-8-4-5-9-17(16)12-14/h2-12H,1H3. The summed E-state index contributed by atoms with van der Waals surface area (Å²) in [7, 11) is 0. The van der Waals surface area contributed by atoms with Gasteiger partial charge < -0.3 is 0 Å². The highest BCUT2D eigenvalue weighted by molar-refractivity contribution is 5.81. The summed E-state index contributed by atoms with van der Waals surface area (Å²) in [6.45, 7) is 2.15. The van der Waals surface area contributed by atoms with Crippen molar-refractivity contribution in [3.63, 3.8) is 0 Å². The molecule has 0 aliphatic heterocycles. The minimum Gasteiger partial charge on any atom is -0.0620 e. The van der Waals surface area contributed by atoms with Gasteiger partial charge in [-0.15, -0.1) is 0 Å². The topological polar surface area (TPSA) is 0 Å². The van der Waals surface area contributed by atoms with Crippen molar-refractivity contribution in [1.82, 2.24) is 0 Å². The Kier molecular flexibility index (Phi) is 2.41. The minimum absolute atomic E-state index is 1.28. The normalized spacial score (nSPS) is 12.6. The Hall–Kier alpha value is -2.08. The molecule has 3 rings (SSSR count). The largest absolute Gasteiger partial charge is 0.0620 e. The summed E-state index contributed by atoms with van der Waals surface area (Å²) >= 11 is 0. The molecule has 82 valence electrons. The van der Waals surface area contributed by atoms with Crippen LogP contribution in [0.3, 0.4) is 0 Å². The second kappa shape index (κ2) is 4.06. The molecule has 0 fully saturated rings. The number of benzene rings is 2. The van der Waals surface area contributed by atoms with Gasteiger partial charge in [-0.25, -0.2) is 0 Å². The lowest BCUT2D eigenvalue weighted by Gasteiger charge is -1.99. The zero-order valence-electron chi connectivity index (χ0n) is 9.85. The van der Waals surface area contributed by atoms with Gasteiger partial charge in [-0.1, -0.05) is 48.5 Å². The van der Waals surface area contributed by atoms with Gasteiger partial charge in [-0.3, -0.25) is 0 Å². The van der Waals surface area contributed by atoms with E-state index in [1.807, 2.05) is 0 Å². The predicted molar refractivity (Wildman–Crippen MR) is 73.8 cm³/mol. The van der Waals surface area contributed by atoms with Gasteiger partial charge >= 0.3 is 0 Å². The number of fused-ring (bicyclic) bond motifs is 1. The molecule has 0 nitrogen and oxygen atoms in total. The molecule has 2 aromatic carbocycles. The van der Waals surface area contributed by atoms with Crippen LogP contribution in [0, 0.1) is 6.92 Å². The molecule has 0 atom stereocenters. The number of hydrogen-bond acceptors (Lipinski definition) is 0. The van der Waals surface area contributed by atoms with E-state index in [9.17, 15) is 0 Å². The zero-order chi connectivity index (χ0) is 11.7. The minimum atomic E-state index is 1.28. The number of aryl methyl sites for hydroxylation is 1. The Bertz CT molecular complexity index is 666. The van der Waals surface area contributed by atoms with Crippen LogP contribution in [0.1, 0.15) is 11.1 Å². The maximum atomic E-state index is 2.25. The molecule has 0 heteroatoms. The lowest BCUT2D eigenvalue weighted by molar-refractivity contribution is 1.44. The fraction of sp³-hybridized carbons (Fsp3) is 0.0588. The lowest BCUT2D eigenvalue weighted by Crippen LogP contribution is -2.19. The maximum absolute atomic E-state index is 2.25. The fourth-order valence-corrected chi connectivity index (χ4v) is 2.19. The van der Waals surface area contributed by atoms with Crippen molar-refractivity contribution in [2.45, 2.75) is 6.92 Å². The number of rotatable bonds is 1. The van der Waals surface area contributed by atoms with E-state index < -0.39 is 0 Å². The predicted octanol–water partition coefficient (Wildman–Crippen LogP) is 2.65. The van der Waals surface area contributed by atoms with Gasteiger partial charge in [-0.05, 0) is 52.3 Å². The van der Waals surface area contributed by atoms with Crippen LogP contribution in [0.4, 0.5) is 0 Å². The summed E-state index contributed by atoms with van der Waals surface area (Å²) in [5.74, 6) is 0. The van der Waals surface area contributed by atoms with Crippen LogP contribution < -0.4 is 10.4 Å². The van der Waals surface area contributed by atoms with Crippen molar-refractivity contribution < 1.29 is 0 Å². The molecule has 0 heterocycles. The molecule has 0 spiro atoms. The maximum Gasteiger partial charge on any atom is -0.0178 e. The average Bonchev–Trinajstić information content (AvgIpc) is 2.74. The van der Waals surface area contributed by atoms with E-state index >= 15 is 0 Å². The second-order valence-electron chi connectivity index (χ2n) is 4.42. The Labute approximate surface area is 101 Å². The van der Waals surface area contributed by atoms with Gasteiger partial charge in [0.25, 0.3) is 0 Å². The van der Waals surface area contributed by atoms with Crippen LogP contribution in [0.5, 0.6) is 0 Å². The molecule has 0 N–H and O–H groups in total. The smallest absolute Gasteiger partial charge is 0.0178 e. The third-order valence-electron chi connectivity index (χ3n) is 3.15. The van der Waals surface area contributed by atoms with Gasteiger partial charge in [-0.2, -0.15) is 0 Å². The summed E-state index contributed by atoms with van der Waals surface area (Å²) in [5, 5.41) is 2.62. The third kappa shape index (κ3) is 1.94. The average molecular weight is 218 g/mol. The molecule has 1 aliphatic carbocycles. The summed E-state index contributed by atoms with van der Waals surface area (Å²) in [5.41, 5.74) is 3.89. The molecule has 0 saturated heterocycles. The zero-order valence-corrected chi connectivity index (χ0v) is 9.85. The van der Waals surface area contributed by atoms with Crippen molar-refractivity contribution >= 4 is 18.2 Å². The van der Waals surface area contributed by atoms with Gasteiger partial charge in [0.2, 0.25) is 0 Å². The van der Waals surface area contributed by atoms with Gasteiger partial charge in [0, 0.05) is 0 Å². The van der Waals surface area contributed by atoms with Crippen molar-refractivity contribution in [1.29, 1.82) is 0 Å². The molecule has 17 heavy (non-hydrogen) atoms. The molecule has 0 saturated carbocycles. The van der Waals surface area contributed by atoms with Crippen molar-refractivity contribution in [3.8, 4) is 0 Å². The molecule has 0 aromatic heterocycles. The first-order valence-corrected chi connectivity index (χ1v) is 5.89. The highest BCUT2D eigenvalue weighted by Gasteiger charge is 1.99. The van der Waals surface area contributed by atoms with Gasteiger partial charge in [0.1, 0.15) is 0 Å². The van der Waals surface area contributed by atoms with E-state index in [2.05, 4.69) is 73.7 Å². The second-order valence-corrected chi connectivity index (χ2v) is 4.42. The first-order chi connectivity index (χ1) is 8.33. The van der Waals surface area contributed by atoms with E-state index in [1.165, 1.54) is 27.1 Å². The fourth-order valence-electron chi connectivity index (χ4n) is 2.19. The highest BCUT2D eigenvalue weighted by atomic mass is 14.0. The molecule has 0 amide bonds. The Balaban J connectivity index is 2.10. The molecule has 0 unspecified atom stereocenters. The van der Waals surface area contributed by atoms with E-state index in [0.29, 0.717) is 0 Å². The molecular formula is C17H14. The van der Waals surface area contributed by atoms with Crippen LogP contribution in [-0.4, -0.2) is 0 Å². The lowest BCUT2D eigenvalue weighted by atomic mass is 10.1. The van der Waals surface area contributed by atoms with Crippen molar-refractivity contribution in [3.05, 3.63) is 75.7 Å². The first-order valence-electron chi connectivity index (χ1n) is 5.89. The summed E-state index contributed by atoms with van der Waals surface area (Å²) in [4.78, 5) is 0. The van der Waals surface area contributed by atoms with Crippen LogP contribution in [0.2, 0.25) is 0 Å². The molecule has 0 radical (unpaired) electrons. The number of hydrogen-bond donors (Lipinski definition) is 0. The van der Waals surface area contributed by atoms with Gasteiger partial charge in [0.05, 0.1) is 0 Å². The van der Waals surface area contributed by atoms with E-state index in [0.717, 1.165) is 0 Å². The van der Waals surface area contributed by atoms with Crippen LogP contribution in [0.25, 0.3) is 18.2 Å². The Morgan fingerprint density at radius 1 is 0.765 bits per heavy atom. The SMILES string of the molecule is Cc1ccccc1C=C1C=c2ccccc2=C1. The Morgan fingerprint density at radius 3 is 2.00 bits per heavy atom. The van der Waals surface area contributed by atoms with E-state index in [4.69, 9.17) is 0 Å². The highest BCUT2D eigenvalue weighted by Crippen LogP contribution is 2.14. The quantitative estimate of drug-likeness (QED) is 0.690. The molecule has 1 aliphatic rings. The molecule has 0 bridgehead atoms. The summed E-state index contributed by atoms with van der Waals surface area (Å²) in [6, 6.07) is 17.0. The Morgan fingerprint density at radius 2 is 1.35 bits per heavy atom. The molecule has 2 aromatic rings. The van der Waals surface area contributed by atoms with Gasteiger partial charge in [0.15, 0.2) is 0 Å². The third-order valence-corrected chi connectivity index (χ3v) is 3.15.